The Labute approximate surface area is 178 Å². The van der Waals surface area contributed by atoms with Crippen molar-refractivity contribution in [1.82, 2.24) is 4.90 Å². The summed E-state index contributed by atoms with van der Waals surface area (Å²) in [5.41, 5.74) is 5.43. The standard InChI is InChI=1S/C26H29NO3/c1-3-15-27-23(19-11-9-17(4-2)10-12-19)22(25(29)26(27)30)24(28)21-14-13-18-7-5-6-8-20(18)16-21/h9-14,16,23,28H,3-8,15H2,1-2H3/b24-22-. The molecule has 0 bridgehead atoms. The highest BCUT2D eigenvalue weighted by Gasteiger charge is 2.45. The molecule has 1 fully saturated rings. The maximum Gasteiger partial charge on any atom is 0.295 e. The fourth-order valence-electron chi connectivity index (χ4n) is 4.67. The lowest BCUT2D eigenvalue weighted by Gasteiger charge is -2.25. The van der Waals surface area contributed by atoms with Crippen molar-refractivity contribution in [3.63, 3.8) is 0 Å². The third-order valence-corrected chi connectivity index (χ3v) is 6.33. The Kier molecular flexibility index (Phi) is 5.76. The number of fused-ring (bicyclic) bond motifs is 1. The lowest BCUT2D eigenvalue weighted by Crippen LogP contribution is -2.30. The van der Waals surface area contributed by atoms with Gasteiger partial charge in [0.25, 0.3) is 11.7 Å². The van der Waals surface area contributed by atoms with Crippen LogP contribution in [0.25, 0.3) is 5.76 Å². The van der Waals surface area contributed by atoms with Crippen LogP contribution < -0.4 is 0 Å². The number of hydrogen-bond donors (Lipinski definition) is 1. The molecule has 156 valence electrons. The third-order valence-electron chi connectivity index (χ3n) is 6.33. The average molecular weight is 404 g/mol. The van der Waals surface area contributed by atoms with E-state index >= 15 is 0 Å². The number of rotatable bonds is 5. The smallest absolute Gasteiger partial charge is 0.295 e. The Morgan fingerprint density at radius 2 is 1.70 bits per heavy atom. The molecule has 1 amide bonds. The van der Waals surface area contributed by atoms with E-state index in [9.17, 15) is 14.7 Å². The lowest BCUT2D eigenvalue weighted by molar-refractivity contribution is -0.139. The highest BCUT2D eigenvalue weighted by molar-refractivity contribution is 6.46. The van der Waals surface area contributed by atoms with E-state index in [2.05, 4.69) is 13.0 Å². The molecular weight excluding hydrogens is 374 g/mol. The fourth-order valence-corrected chi connectivity index (χ4v) is 4.67. The van der Waals surface area contributed by atoms with Gasteiger partial charge in [0, 0.05) is 12.1 Å². The molecule has 4 nitrogen and oxygen atoms in total. The number of Topliss-reactive ketones (excluding diaryl/α,β-unsaturated/α-hetero) is 1. The second-order valence-electron chi connectivity index (χ2n) is 8.28. The van der Waals surface area contributed by atoms with E-state index in [1.54, 1.807) is 4.90 Å². The summed E-state index contributed by atoms with van der Waals surface area (Å²) in [6, 6.07) is 13.4. The number of nitrogens with zero attached hydrogens (tertiary/aromatic N) is 1. The van der Waals surface area contributed by atoms with Crippen molar-refractivity contribution in [2.75, 3.05) is 6.54 Å². The second kappa shape index (κ2) is 8.47. The molecular formula is C26H29NO3. The number of aryl methyl sites for hydroxylation is 3. The number of aliphatic hydroxyl groups excluding tert-OH is 1. The van der Waals surface area contributed by atoms with Crippen LogP contribution in [-0.4, -0.2) is 28.2 Å². The Morgan fingerprint density at radius 3 is 2.37 bits per heavy atom. The third kappa shape index (κ3) is 3.55. The topological polar surface area (TPSA) is 57.6 Å². The first kappa shape index (κ1) is 20.4. The minimum absolute atomic E-state index is 0.0649. The Balaban J connectivity index is 1.83. The molecule has 30 heavy (non-hydrogen) atoms. The molecule has 4 rings (SSSR count). The van der Waals surface area contributed by atoms with Crippen LogP contribution >= 0.6 is 0 Å². The van der Waals surface area contributed by atoms with E-state index in [1.165, 1.54) is 23.1 Å². The van der Waals surface area contributed by atoms with Crippen molar-refractivity contribution in [1.29, 1.82) is 0 Å². The highest BCUT2D eigenvalue weighted by Crippen LogP contribution is 2.40. The van der Waals surface area contributed by atoms with Gasteiger partial charge in [0.2, 0.25) is 0 Å². The molecule has 2 aromatic rings. The van der Waals surface area contributed by atoms with Crippen LogP contribution in [0.1, 0.15) is 67.0 Å². The van der Waals surface area contributed by atoms with E-state index in [0.717, 1.165) is 37.7 Å². The summed E-state index contributed by atoms with van der Waals surface area (Å²) in [6.07, 6.45) is 6.04. The van der Waals surface area contributed by atoms with Gasteiger partial charge in [-0.25, -0.2) is 0 Å². The van der Waals surface area contributed by atoms with E-state index in [4.69, 9.17) is 0 Å². The minimum atomic E-state index is -0.594. The molecule has 0 spiro atoms. The Morgan fingerprint density at radius 1 is 1.00 bits per heavy atom. The molecule has 1 heterocycles. The molecule has 1 N–H and O–H groups in total. The van der Waals surface area contributed by atoms with Crippen molar-refractivity contribution in [2.45, 2.75) is 58.4 Å². The van der Waals surface area contributed by atoms with Crippen LogP contribution in [0.3, 0.4) is 0 Å². The van der Waals surface area contributed by atoms with Crippen LogP contribution in [0.5, 0.6) is 0 Å². The largest absolute Gasteiger partial charge is 0.507 e. The molecule has 0 saturated carbocycles. The van der Waals surface area contributed by atoms with Gasteiger partial charge in [0.15, 0.2) is 0 Å². The first-order chi connectivity index (χ1) is 14.5. The summed E-state index contributed by atoms with van der Waals surface area (Å²) in [5.74, 6) is -1.19. The summed E-state index contributed by atoms with van der Waals surface area (Å²) < 4.78 is 0. The predicted octanol–water partition coefficient (Wildman–Crippen LogP) is 4.96. The number of likely N-dealkylation sites (tertiary alicyclic amines) is 1. The summed E-state index contributed by atoms with van der Waals surface area (Å²) in [7, 11) is 0. The van der Waals surface area contributed by atoms with Crippen molar-refractivity contribution in [2.24, 2.45) is 0 Å². The maximum absolute atomic E-state index is 13.0. The van der Waals surface area contributed by atoms with Crippen molar-refractivity contribution in [3.05, 3.63) is 75.9 Å². The zero-order chi connectivity index (χ0) is 21.3. The fraction of sp³-hybridized carbons (Fsp3) is 0.385. The van der Waals surface area contributed by atoms with E-state index in [0.29, 0.717) is 12.1 Å². The summed E-state index contributed by atoms with van der Waals surface area (Å²) in [4.78, 5) is 27.4. The monoisotopic (exact) mass is 403 g/mol. The van der Waals surface area contributed by atoms with Crippen molar-refractivity contribution >= 4 is 17.4 Å². The van der Waals surface area contributed by atoms with Gasteiger partial charge in [-0.05, 0) is 66.8 Å². The van der Waals surface area contributed by atoms with Crippen molar-refractivity contribution in [3.8, 4) is 0 Å². The number of ketones is 1. The van der Waals surface area contributed by atoms with Gasteiger partial charge in [0.05, 0.1) is 11.6 Å². The molecule has 1 aliphatic heterocycles. The zero-order valence-electron chi connectivity index (χ0n) is 17.8. The van der Waals surface area contributed by atoms with E-state index < -0.39 is 17.7 Å². The molecule has 1 atom stereocenters. The SMILES string of the molecule is CCCN1C(=O)C(=O)/C(=C(\O)c2ccc3c(c2)CCCC3)C1c1ccc(CC)cc1. The van der Waals surface area contributed by atoms with Crippen LogP contribution in [0.2, 0.25) is 0 Å². The number of amides is 1. The van der Waals surface area contributed by atoms with Gasteiger partial charge >= 0.3 is 0 Å². The molecule has 1 aliphatic carbocycles. The lowest BCUT2D eigenvalue weighted by atomic mass is 9.88. The summed E-state index contributed by atoms with van der Waals surface area (Å²) in [5, 5.41) is 11.2. The zero-order valence-corrected chi connectivity index (χ0v) is 17.8. The summed E-state index contributed by atoms with van der Waals surface area (Å²) >= 11 is 0. The quantitative estimate of drug-likeness (QED) is 0.436. The van der Waals surface area contributed by atoms with Gasteiger partial charge in [-0.15, -0.1) is 0 Å². The average Bonchev–Trinajstić information content (AvgIpc) is 3.03. The first-order valence-electron chi connectivity index (χ1n) is 11.0. The van der Waals surface area contributed by atoms with Crippen LogP contribution in [0.4, 0.5) is 0 Å². The molecule has 1 saturated heterocycles. The molecule has 4 heteroatoms. The van der Waals surface area contributed by atoms with Gasteiger partial charge in [0.1, 0.15) is 5.76 Å². The predicted molar refractivity (Wildman–Crippen MR) is 118 cm³/mol. The number of carbonyl (C=O) groups excluding carboxylic acids is 2. The molecule has 2 aliphatic rings. The second-order valence-corrected chi connectivity index (χ2v) is 8.28. The minimum Gasteiger partial charge on any atom is -0.507 e. The van der Waals surface area contributed by atoms with Crippen LogP contribution in [0.15, 0.2) is 48.0 Å². The van der Waals surface area contributed by atoms with Gasteiger partial charge in [-0.1, -0.05) is 50.2 Å². The summed E-state index contributed by atoms with van der Waals surface area (Å²) in [6.45, 7) is 4.56. The number of hydrogen-bond acceptors (Lipinski definition) is 3. The Bertz CT molecular complexity index is 1000. The van der Waals surface area contributed by atoms with E-state index in [-0.39, 0.29) is 11.3 Å². The number of aliphatic hydroxyl groups is 1. The van der Waals surface area contributed by atoms with Crippen molar-refractivity contribution < 1.29 is 14.7 Å². The normalized spacial score (nSPS) is 20.5. The maximum atomic E-state index is 13.0. The van der Waals surface area contributed by atoms with Gasteiger partial charge in [-0.2, -0.15) is 0 Å². The Hall–Kier alpha value is -2.88. The van der Waals surface area contributed by atoms with Gasteiger partial charge < -0.3 is 10.0 Å². The van der Waals surface area contributed by atoms with Crippen LogP contribution in [-0.2, 0) is 28.9 Å². The van der Waals surface area contributed by atoms with Gasteiger partial charge in [-0.3, -0.25) is 9.59 Å². The first-order valence-corrected chi connectivity index (χ1v) is 11.0. The molecule has 2 aromatic carbocycles. The highest BCUT2D eigenvalue weighted by atomic mass is 16.3. The molecule has 0 aromatic heterocycles. The van der Waals surface area contributed by atoms with E-state index in [1.807, 2.05) is 43.3 Å². The number of benzene rings is 2. The van der Waals surface area contributed by atoms with Crippen LogP contribution in [0, 0.1) is 0 Å². The molecule has 1 unspecified atom stereocenters. The molecule has 0 radical (unpaired) electrons. The number of carbonyl (C=O) groups is 2.